The lowest BCUT2D eigenvalue weighted by atomic mass is 10.0. The Kier molecular flexibility index (Phi) is 2.73. The molecule has 0 atom stereocenters. The van der Waals surface area contributed by atoms with Gasteiger partial charge in [0.1, 0.15) is 11.8 Å². The van der Waals surface area contributed by atoms with Crippen LogP contribution in [0, 0.1) is 11.3 Å². The van der Waals surface area contributed by atoms with E-state index >= 15 is 0 Å². The summed E-state index contributed by atoms with van der Waals surface area (Å²) in [4.78, 5) is 10.6. The molecule has 0 saturated carbocycles. The quantitative estimate of drug-likeness (QED) is 0.742. The van der Waals surface area contributed by atoms with E-state index in [1.54, 1.807) is 6.92 Å². The molecule has 0 aliphatic rings. The predicted molar refractivity (Wildman–Crippen MR) is 49.2 cm³/mol. The van der Waals surface area contributed by atoms with Crippen LogP contribution in [0.1, 0.15) is 28.4 Å². The number of aromatic carboxylic acids is 1. The van der Waals surface area contributed by atoms with Crippen molar-refractivity contribution in [3.63, 3.8) is 0 Å². The van der Waals surface area contributed by atoms with E-state index in [2.05, 4.69) is 0 Å². The molecule has 0 aliphatic heterocycles. The summed E-state index contributed by atoms with van der Waals surface area (Å²) in [5, 5.41) is 26.8. The van der Waals surface area contributed by atoms with Gasteiger partial charge in [-0.2, -0.15) is 5.26 Å². The summed E-state index contributed by atoms with van der Waals surface area (Å²) >= 11 is 0. The normalized spacial score (nSPS) is 9.43. The molecule has 14 heavy (non-hydrogen) atoms. The van der Waals surface area contributed by atoms with Gasteiger partial charge in [0.25, 0.3) is 0 Å². The topological polar surface area (TPSA) is 81.3 Å². The number of aryl methyl sites for hydroxylation is 1. The van der Waals surface area contributed by atoms with E-state index < -0.39 is 5.97 Å². The standard InChI is InChI=1S/C10H9NO3/c1-2-6-3-7(10(13)14)4-9(12)8(6)5-11/h3-4,12H,2H2,1H3,(H,13,14). The minimum Gasteiger partial charge on any atom is -0.507 e. The highest BCUT2D eigenvalue weighted by Gasteiger charge is 2.12. The van der Waals surface area contributed by atoms with Crippen LogP contribution in [0.25, 0.3) is 0 Å². The third-order valence-electron chi connectivity index (χ3n) is 1.94. The second-order valence-corrected chi connectivity index (χ2v) is 2.80. The van der Waals surface area contributed by atoms with Gasteiger partial charge in [-0.05, 0) is 24.1 Å². The predicted octanol–water partition coefficient (Wildman–Crippen LogP) is 1.52. The zero-order chi connectivity index (χ0) is 10.7. The van der Waals surface area contributed by atoms with Gasteiger partial charge in [-0.15, -0.1) is 0 Å². The Balaban J connectivity index is 3.40. The molecule has 4 heteroatoms. The van der Waals surface area contributed by atoms with Crippen LogP contribution in [-0.4, -0.2) is 16.2 Å². The minimum atomic E-state index is -1.11. The molecule has 1 aromatic carbocycles. The number of hydrogen-bond acceptors (Lipinski definition) is 3. The van der Waals surface area contributed by atoms with Crippen molar-refractivity contribution in [2.75, 3.05) is 0 Å². The Bertz CT molecular complexity index is 418. The Hall–Kier alpha value is -2.02. The third kappa shape index (κ3) is 1.67. The summed E-state index contributed by atoms with van der Waals surface area (Å²) in [5.41, 5.74) is 0.695. The number of benzene rings is 1. The second kappa shape index (κ2) is 3.79. The lowest BCUT2D eigenvalue weighted by Crippen LogP contribution is -1.99. The van der Waals surface area contributed by atoms with Crippen molar-refractivity contribution >= 4 is 5.97 Å². The van der Waals surface area contributed by atoms with E-state index in [-0.39, 0.29) is 16.9 Å². The van der Waals surface area contributed by atoms with Crippen molar-refractivity contribution in [1.29, 1.82) is 5.26 Å². The SMILES string of the molecule is CCc1cc(C(=O)O)cc(O)c1C#N. The Morgan fingerprint density at radius 1 is 1.57 bits per heavy atom. The van der Waals surface area contributed by atoms with E-state index in [0.717, 1.165) is 6.07 Å². The minimum absolute atomic E-state index is 0.00153. The van der Waals surface area contributed by atoms with E-state index in [1.807, 2.05) is 6.07 Å². The van der Waals surface area contributed by atoms with Crippen LogP contribution in [0.5, 0.6) is 5.75 Å². The summed E-state index contributed by atoms with van der Waals surface area (Å²) in [7, 11) is 0. The molecule has 1 aromatic rings. The number of rotatable bonds is 2. The molecule has 0 bridgehead atoms. The lowest BCUT2D eigenvalue weighted by molar-refractivity contribution is 0.0696. The Morgan fingerprint density at radius 3 is 2.64 bits per heavy atom. The highest BCUT2D eigenvalue weighted by Crippen LogP contribution is 2.23. The van der Waals surface area contributed by atoms with Crippen LogP contribution in [0.3, 0.4) is 0 Å². The number of aromatic hydroxyl groups is 1. The first-order valence-electron chi connectivity index (χ1n) is 4.09. The molecular weight excluding hydrogens is 182 g/mol. The molecule has 0 aromatic heterocycles. The zero-order valence-corrected chi connectivity index (χ0v) is 7.61. The molecule has 0 spiro atoms. The van der Waals surface area contributed by atoms with Crippen LogP contribution in [0.2, 0.25) is 0 Å². The smallest absolute Gasteiger partial charge is 0.335 e. The van der Waals surface area contributed by atoms with Crippen molar-refractivity contribution < 1.29 is 15.0 Å². The maximum absolute atomic E-state index is 10.6. The van der Waals surface area contributed by atoms with Crippen molar-refractivity contribution in [2.45, 2.75) is 13.3 Å². The first-order valence-corrected chi connectivity index (χ1v) is 4.09. The zero-order valence-electron chi connectivity index (χ0n) is 7.61. The van der Waals surface area contributed by atoms with Gasteiger partial charge < -0.3 is 10.2 Å². The highest BCUT2D eigenvalue weighted by molar-refractivity contribution is 5.88. The van der Waals surface area contributed by atoms with Gasteiger partial charge >= 0.3 is 5.97 Å². The van der Waals surface area contributed by atoms with Gasteiger partial charge in [0.2, 0.25) is 0 Å². The average Bonchev–Trinajstić information content (AvgIpc) is 2.16. The molecule has 72 valence electrons. The van der Waals surface area contributed by atoms with Crippen LogP contribution in [-0.2, 0) is 6.42 Å². The van der Waals surface area contributed by atoms with Crippen LogP contribution in [0.15, 0.2) is 12.1 Å². The fourth-order valence-corrected chi connectivity index (χ4v) is 1.22. The largest absolute Gasteiger partial charge is 0.507 e. The molecule has 0 fully saturated rings. The molecule has 0 saturated heterocycles. The highest BCUT2D eigenvalue weighted by atomic mass is 16.4. The number of hydrogen-bond donors (Lipinski definition) is 2. The molecule has 0 unspecified atom stereocenters. The van der Waals surface area contributed by atoms with Crippen LogP contribution < -0.4 is 0 Å². The lowest BCUT2D eigenvalue weighted by Gasteiger charge is -2.04. The van der Waals surface area contributed by atoms with E-state index in [9.17, 15) is 9.90 Å². The summed E-state index contributed by atoms with van der Waals surface area (Å²) in [6.07, 6.45) is 0.511. The Labute approximate surface area is 81.0 Å². The molecule has 0 amide bonds. The number of phenolic OH excluding ortho intramolecular Hbond substituents is 1. The average molecular weight is 191 g/mol. The number of nitrogens with zero attached hydrogens (tertiary/aromatic N) is 1. The molecule has 4 nitrogen and oxygen atoms in total. The molecule has 2 N–H and O–H groups in total. The second-order valence-electron chi connectivity index (χ2n) is 2.80. The fraction of sp³-hybridized carbons (Fsp3) is 0.200. The molecule has 1 rings (SSSR count). The maximum Gasteiger partial charge on any atom is 0.335 e. The molecule has 0 aliphatic carbocycles. The summed E-state index contributed by atoms with van der Waals surface area (Å²) in [5.74, 6) is -1.39. The van der Waals surface area contributed by atoms with Crippen molar-refractivity contribution in [1.82, 2.24) is 0 Å². The first-order chi connectivity index (χ1) is 6.60. The number of carbonyl (C=O) groups is 1. The third-order valence-corrected chi connectivity index (χ3v) is 1.94. The molecule has 0 heterocycles. The van der Waals surface area contributed by atoms with E-state index in [1.165, 1.54) is 6.07 Å². The number of carboxylic acid groups (broad SMARTS) is 1. The molecular formula is C10H9NO3. The molecule has 0 radical (unpaired) electrons. The number of nitriles is 1. The van der Waals surface area contributed by atoms with Crippen molar-refractivity contribution in [2.24, 2.45) is 0 Å². The van der Waals surface area contributed by atoms with Crippen LogP contribution in [0.4, 0.5) is 0 Å². The first kappa shape index (κ1) is 10.1. The van der Waals surface area contributed by atoms with E-state index in [4.69, 9.17) is 10.4 Å². The number of phenols is 1. The van der Waals surface area contributed by atoms with Gasteiger partial charge in [-0.3, -0.25) is 0 Å². The Morgan fingerprint density at radius 2 is 2.21 bits per heavy atom. The van der Waals surface area contributed by atoms with Gasteiger partial charge in [0.05, 0.1) is 11.1 Å². The monoisotopic (exact) mass is 191 g/mol. The number of carboxylic acids is 1. The fourth-order valence-electron chi connectivity index (χ4n) is 1.22. The van der Waals surface area contributed by atoms with Gasteiger partial charge in [0.15, 0.2) is 0 Å². The van der Waals surface area contributed by atoms with Crippen LogP contribution >= 0.6 is 0 Å². The van der Waals surface area contributed by atoms with E-state index in [0.29, 0.717) is 12.0 Å². The maximum atomic E-state index is 10.6. The van der Waals surface area contributed by atoms with Gasteiger partial charge in [-0.1, -0.05) is 6.92 Å². The van der Waals surface area contributed by atoms with Gasteiger partial charge in [0, 0.05) is 0 Å². The van der Waals surface area contributed by atoms with Crippen molar-refractivity contribution in [3.8, 4) is 11.8 Å². The van der Waals surface area contributed by atoms with Gasteiger partial charge in [-0.25, -0.2) is 4.79 Å². The summed E-state index contributed by atoms with van der Waals surface area (Å²) < 4.78 is 0. The summed E-state index contributed by atoms with van der Waals surface area (Å²) in [6, 6.07) is 4.32. The van der Waals surface area contributed by atoms with Crippen molar-refractivity contribution in [3.05, 3.63) is 28.8 Å². The summed E-state index contributed by atoms with van der Waals surface area (Å²) in [6.45, 7) is 1.79.